The molecule has 0 fully saturated rings. The largest absolute Gasteiger partial charge is 0.479 e. The van der Waals surface area contributed by atoms with Crippen molar-refractivity contribution in [1.82, 2.24) is 10.2 Å². The average molecular weight is 250 g/mol. The van der Waals surface area contributed by atoms with Crippen LogP contribution in [0.25, 0.3) is 0 Å². The molecule has 5 nitrogen and oxygen atoms in total. The van der Waals surface area contributed by atoms with Crippen LogP contribution in [0.3, 0.4) is 0 Å². The van der Waals surface area contributed by atoms with Gasteiger partial charge in [-0.05, 0) is 12.0 Å². The van der Waals surface area contributed by atoms with Crippen molar-refractivity contribution in [3.63, 3.8) is 0 Å². The summed E-state index contributed by atoms with van der Waals surface area (Å²) in [5.41, 5.74) is 0.559. The lowest BCUT2D eigenvalue weighted by atomic mass is 10.1. The molecule has 98 valence electrons. The standard InChI is InChI=1S/C13H18N2O3/c1-3-9-15(2)13(18)14-11(12(16)17)10-7-5-4-6-8-10/h4-8,11H,3,9H2,1-2H3,(H,14,18)(H,16,17). The third-order valence-corrected chi connectivity index (χ3v) is 2.55. The molecule has 0 aliphatic heterocycles. The van der Waals surface area contributed by atoms with E-state index in [9.17, 15) is 9.59 Å². The van der Waals surface area contributed by atoms with E-state index in [0.29, 0.717) is 12.1 Å². The molecule has 0 saturated heterocycles. The van der Waals surface area contributed by atoms with Crippen LogP contribution in [0.2, 0.25) is 0 Å². The van der Waals surface area contributed by atoms with Crippen molar-refractivity contribution in [3.05, 3.63) is 35.9 Å². The fourth-order valence-corrected chi connectivity index (χ4v) is 1.60. The van der Waals surface area contributed by atoms with Crippen molar-refractivity contribution >= 4 is 12.0 Å². The van der Waals surface area contributed by atoms with E-state index in [2.05, 4.69) is 5.32 Å². The zero-order valence-corrected chi connectivity index (χ0v) is 10.6. The maximum absolute atomic E-state index is 11.8. The molecule has 1 aromatic carbocycles. The molecule has 0 radical (unpaired) electrons. The van der Waals surface area contributed by atoms with Crippen LogP contribution in [-0.2, 0) is 4.79 Å². The number of rotatable bonds is 5. The predicted molar refractivity (Wildman–Crippen MR) is 68.3 cm³/mol. The van der Waals surface area contributed by atoms with Crippen LogP contribution in [0.4, 0.5) is 4.79 Å². The molecule has 2 amide bonds. The minimum Gasteiger partial charge on any atom is -0.479 e. The van der Waals surface area contributed by atoms with Crippen molar-refractivity contribution in [2.75, 3.05) is 13.6 Å². The average Bonchev–Trinajstić information content (AvgIpc) is 2.36. The fraction of sp³-hybridized carbons (Fsp3) is 0.385. The number of carbonyl (C=O) groups is 2. The molecule has 0 bridgehead atoms. The summed E-state index contributed by atoms with van der Waals surface area (Å²) in [5.74, 6) is -1.07. The number of nitrogens with zero attached hydrogens (tertiary/aromatic N) is 1. The van der Waals surface area contributed by atoms with Gasteiger partial charge in [-0.1, -0.05) is 37.3 Å². The summed E-state index contributed by atoms with van der Waals surface area (Å²) in [4.78, 5) is 24.4. The van der Waals surface area contributed by atoms with E-state index in [1.54, 1.807) is 37.4 Å². The number of carbonyl (C=O) groups excluding carboxylic acids is 1. The van der Waals surface area contributed by atoms with Gasteiger partial charge in [-0.3, -0.25) is 0 Å². The highest BCUT2D eigenvalue weighted by Crippen LogP contribution is 2.12. The fourth-order valence-electron chi connectivity index (χ4n) is 1.60. The number of amides is 2. The highest BCUT2D eigenvalue weighted by Gasteiger charge is 2.22. The zero-order chi connectivity index (χ0) is 13.5. The van der Waals surface area contributed by atoms with E-state index in [1.807, 2.05) is 6.92 Å². The van der Waals surface area contributed by atoms with Gasteiger partial charge < -0.3 is 15.3 Å². The monoisotopic (exact) mass is 250 g/mol. The Morgan fingerprint density at radius 3 is 2.44 bits per heavy atom. The second-order valence-electron chi connectivity index (χ2n) is 4.05. The molecule has 2 N–H and O–H groups in total. The highest BCUT2D eigenvalue weighted by atomic mass is 16.4. The number of carboxylic acids is 1. The van der Waals surface area contributed by atoms with E-state index >= 15 is 0 Å². The van der Waals surface area contributed by atoms with Gasteiger partial charge >= 0.3 is 12.0 Å². The summed E-state index contributed by atoms with van der Waals surface area (Å²) in [5, 5.41) is 11.7. The van der Waals surface area contributed by atoms with E-state index in [4.69, 9.17) is 5.11 Å². The first-order valence-electron chi connectivity index (χ1n) is 5.85. The normalized spacial score (nSPS) is 11.7. The van der Waals surface area contributed by atoms with Gasteiger partial charge in [0.1, 0.15) is 0 Å². The van der Waals surface area contributed by atoms with Gasteiger partial charge in [-0.15, -0.1) is 0 Å². The Balaban J connectivity index is 2.76. The number of hydrogen-bond donors (Lipinski definition) is 2. The molecule has 0 aromatic heterocycles. The molecule has 5 heteroatoms. The molecule has 0 spiro atoms. The van der Waals surface area contributed by atoms with Gasteiger partial charge in [0.2, 0.25) is 0 Å². The van der Waals surface area contributed by atoms with E-state index in [0.717, 1.165) is 6.42 Å². The van der Waals surface area contributed by atoms with Gasteiger partial charge in [0.15, 0.2) is 6.04 Å². The van der Waals surface area contributed by atoms with Gasteiger partial charge in [0.05, 0.1) is 0 Å². The van der Waals surface area contributed by atoms with Gasteiger partial charge in [-0.25, -0.2) is 9.59 Å². The van der Waals surface area contributed by atoms with Crippen molar-refractivity contribution in [3.8, 4) is 0 Å². The molecule has 1 atom stereocenters. The van der Waals surface area contributed by atoms with Crippen LogP contribution in [0.1, 0.15) is 24.9 Å². The molecule has 18 heavy (non-hydrogen) atoms. The van der Waals surface area contributed by atoms with Crippen LogP contribution in [0.15, 0.2) is 30.3 Å². The summed E-state index contributed by atoms with van der Waals surface area (Å²) < 4.78 is 0. The maximum Gasteiger partial charge on any atom is 0.330 e. The van der Waals surface area contributed by atoms with E-state index < -0.39 is 12.0 Å². The van der Waals surface area contributed by atoms with Crippen LogP contribution in [0.5, 0.6) is 0 Å². The van der Waals surface area contributed by atoms with Crippen molar-refractivity contribution in [2.24, 2.45) is 0 Å². The summed E-state index contributed by atoms with van der Waals surface area (Å²) in [6, 6.07) is 7.25. The molecule has 1 unspecified atom stereocenters. The predicted octanol–water partition coefficient (Wildman–Crippen LogP) is 1.86. The summed E-state index contributed by atoms with van der Waals surface area (Å²) in [6.07, 6.45) is 0.826. The highest BCUT2D eigenvalue weighted by molar-refractivity contribution is 5.83. The molecular weight excluding hydrogens is 232 g/mol. The lowest BCUT2D eigenvalue weighted by Crippen LogP contribution is -2.42. The topological polar surface area (TPSA) is 69.6 Å². The van der Waals surface area contributed by atoms with Crippen molar-refractivity contribution in [2.45, 2.75) is 19.4 Å². The zero-order valence-electron chi connectivity index (χ0n) is 10.6. The molecule has 0 aliphatic carbocycles. The molecule has 1 rings (SSSR count). The molecule has 1 aromatic rings. The third kappa shape index (κ3) is 3.76. The Kier molecular flexibility index (Phi) is 5.17. The number of nitrogens with one attached hydrogen (secondary N) is 1. The first kappa shape index (κ1) is 14.0. The minimum absolute atomic E-state index is 0.381. The van der Waals surface area contributed by atoms with E-state index in [1.165, 1.54) is 4.90 Å². The Morgan fingerprint density at radius 1 is 1.33 bits per heavy atom. The third-order valence-electron chi connectivity index (χ3n) is 2.55. The molecular formula is C13H18N2O3. The number of urea groups is 1. The first-order chi connectivity index (χ1) is 8.56. The Hall–Kier alpha value is -2.04. The SMILES string of the molecule is CCCN(C)C(=O)NC(C(=O)O)c1ccccc1. The van der Waals surface area contributed by atoms with Crippen LogP contribution < -0.4 is 5.32 Å². The van der Waals surface area contributed by atoms with Crippen molar-refractivity contribution in [1.29, 1.82) is 0 Å². The molecule has 0 heterocycles. The Morgan fingerprint density at radius 2 is 1.94 bits per heavy atom. The lowest BCUT2D eigenvalue weighted by Gasteiger charge is -2.21. The van der Waals surface area contributed by atoms with Crippen LogP contribution in [-0.4, -0.2) is 35.6 Å². The molecule has 0 saturated carbocycles. The second-order valence-corrected chi connectivity index (χ2v) is 4.05. The Labute approximate surface area is 106 Å². The lowest BCUT2D eigenvalue weighted by molar-refractivity contribution is -0.139. The number of aliphatic carboxylic acids is 1. The van der Waals surface area contributed by atoms with Gasteiger partial charge in [-0.2, -0.15) is 0 Å². The number of carboxylic acid groups (broad SMARTS) is 1. The second kappa shape index (κ2) is 6.64. The summed E-state index contributed by atoms with van der Waals surface area (Å²) >= 11 is 0. The van der Waals surface area contributed by atoms with Crippen LogP contribution in [0, 0.1) is 0 Å². The van der Waals surface area contributed by atoms with Crippen LogP contribution >= 0.6 is 0 Å². The van der Waals surface area contributed by atoms with E-state index in [-0.39, 0.29) is 6.03 Å². The number of hydrogen-bond acceptors (Lipinski definition) is 2. The summed E-state index contributed by atoms with van der Waals surface area (Å²) in [6.45, 7) is 2.54. The minimum atomic E-state index is -1.07. The Bertz CT molecular complexity index is 406. The van der Waals surface area contributed by atoms with Gasteiger partial charge in [0, 0.05) is 13.6 Å². The molecule has 0 aliphatic rings. The maximum atomic E-state index is 11.8. The quantitative estimate of drug-likeness (QED) is 0.838. The number of benzene rings is 1. The summed E-state index contributed by atoms with van der Waals surface area (Å²) in [7, 11) is 1.64. The first-order valence-corrected chi connectivity index (χ1v) is 5.85. The van der Waals surface area contributed by atoms with Crippen molar-refractivity contribution < 1.29 is 14.7 Å². The van der Waals surface area contributed by atoms with Gasteiger partial charge in [0.25, 0.3) is 0 Å². The smallest absolute Gasteiger partial charge is 0.330 e.